The van der Waals surface area contributed by atoms with Crippen LogP contribution in [-0.2, 0) is 14.8 Å². The molecule has 1 aliphatic heterocycles. The zero-order valence-corrected chi connectivity index (χ0v) is 18.5. The lowest BCUT2D eigenvalue weighted by molar-refractivity contribution is -0.116. The summed E-state index contributed by atoms with van der Waals surface area (Å²) in [6.07, 6.45) is 2.69. The molecule has 1 fully saturated rings. The zero-order valence-electron chi connectivity index (χ0n) is 17.7. The molecule has 0 unspecified atom stereocenters. The standard InChI is InChI=1S/C22H28FN3O4S/c1-3-30-20-12-11-19(15-21(20)31(28,29)26-13-5-4-6-14-26)24-16(2)22(27)25-18-9-7-17(23)8-10-18/h7-12,15-16,24H,3-6,13-14H2,1-2H3,(H,25,27)/t16-/m1/s1. The first kappa shape index (κ1) is 23.0. The molecule has 168 valence electrons. The van der Waals surface area contributed by atoms with Gasteiger partial charge in [-0.15, -0.1) is 0 Å². The Morgan fingerprint density at radius 2 is 1.74 bits per heavy atom. The first-order valence-electron chi connectivity index (χ1n) is 10.4. The second-order valence-electron chi connectivity index (χ2n) is 7.42. The van der Waals surface area contributed by atoms with Gasteiger partial charge >= 0.3 is 0 Å². The molecule has 0 aliphatic carbocycles. The molecule has 0 spiro atoms. The number of halogens is 1. The van der Waals surface area contributed by atoms with Gasteiger partial charge in [-0.1, -0.05) is 6.42 Å². The smallest absolute Gasteiger partial charge is 0.246 e. The molecule has 1 atom stereocenters. The van der Waals surface area contributed by atoms with Gasteiger partial charge in [0.05, 0.1) is 6.61 Å². The summed E-state index contributed by atoms with van der Waals surface area (Å²) >= 11 is 0. The maximum Gasteiger partial charge on any atom is 0.246 e. The summed E-state index contributed by atoms with van der Waals surface area (Å²) in [5, 5.41) is 5.73. The number of nitrogens with one attached hydrogen (secondary N) is 2. The van der Waals surface area contributed by atoms with Crippen molar-refractivity contribution in [1.82, 2.24) is 4.31 Å². The van der Waals surface area contributed by atoms with Crippen LogP contribution in [0.15, 0.2) is 47.4 Å². The summed E-state index contributed by atoms with van der Waals surface area (Å²) in [5.41, 5.74) is 0.959. The first-order chi connectivity index (χ1) is 14.8. The van der Waals surface area contributed by atoms with Gasteiger partial charge in [-0.3, -0.25) is 4.79 Å². The molecule has 2 aromatic carbocycles. The lowest BCUT2D eigenvalue weighted by Gasteiger charge is -2.27. The Labute approximate surface area is 182 Å². The average Bonchev–Trinajstić information content (AvgIpc) is 2.77. The van der Waals surface area contributed by atoms with Crippen LogP contribution < -0.4 is 15.4 Å². The van der Waals surface area contributed by atoms with E-state index in [4.69, 9.17) is 4.74 Å². The van der Waals surface area contributed by atoms with Crippen LogP contribution in [0, 0.1) is 5.82 Å². The number of benzene rings is 2. The maximum absolute atomic E-state index is 13.2. The molecule has 1 saturated heterocycles. The number of carbonyl (C=O) groups is 1. The molecule has 1 aliphatic rings. The topological polar surface area (TPSA) is 87.7 Å². The van der Waals surface area contributed by atoms with Crippen LogP contribution in [0.25, 0.3) is 0 Å². The van der Waals surface area contributed by atoms with Gasteiger partial charge in [-0.05, 0) is 69.2 Å². The predicted octanol–water partition coefficient (Wildman–Crippen LogP) is 3.84. The summed E-state index contributed by atoms with van der Waals surface area (Å²) in [6, 6.07) is 9.61. The molecule has 1 amide bonds. The average molecular weight is 450 g/mol. The van der Waals surface area contributed by atoms with Crippen LogP contribution in [-0.4, -0.2) is 44.4 Å². The SMILES string of the molecule is CCOc1ccc(N[C@H](C)C(=O)Nc2ccc(F)cc2)cc1S(=O)(=O)N1CCCCC1. The second kappa shape index (κ2) is 10.1. The largest absolute Gasteiger partial charge is 0.492 e. The molecule has 2 N–H and O–H groups in total. The van der Waals surface area contributed by atoms with E-state index in [1.54, 1.807) is 26.0 Å². The van der Waals surface area contributed by atoms with Crippen LogP contribution in [0.2, 0.25) is 0 Å². The van der Waals surface area contributed by atoms with E-state index < -0.39 is 16.1 Å². The number of ether oxygens (including phenoxy) is 1. The van der Waals surface area contributed by atoms with Crippen molar-refractivity contribution in [2.24, 2.45) is 0 Å². The van der Waals surface area contributed by atoms with Crippen LogP contribution in [0.5, 0.6) is 5.75 Å². The third-order valence-electron chi connectivity index (χ3n) is 5.06. The first-order valence-corrected chi connectivity index (χ1v) is 11.8. The maximum atomic E-state index is 13.2. The van der Waals surface area contributed by atoms with Crippen molar-refractivity contribution in [3.63, 3.8) is 0 Å². The number of carbonyl (C=O) groups excluding carboxylic acids is 1. The highest BCUT2D eigenvalue weighted by atomic mass is 32.2. The Morgan fingerprint density at radius 3 is 2.39 bits per heavy atom. The van der Waals surface area contributed by atoms with Crippen LogP contribution >= 0.6 is 0 Å². The number of hydrogen-bond donors (Lipinski definition) is 2. The van der Waals surface area contributed by atoms with E-state index in [-0.39, 0.29) is 16.6 Å². The number of rotatable bonds is 8. The highest BCUT2D eigenvalue weighted by Crippen LogP contribution is 2.31. The molecule has 0 aromatic heterocycles. The molecule has 2 aromatic rings. The van der Waals surface area contributed by atoms with E-state index >= 15 is 0 Å². The van der Waals surface area contributed by atoms with Crippen molar-refractivity contribution in [2.45, 2.75) is 44.0 Å². The van der Waals surface area contributed by atoms with E-state index in [0.29, 0.717) is 36.8 Å². The van der Waals surface area contributed by atoms with Crippen molar-refractivity contribution >= 4 is 27.3 Å². The van der Waals surface area contributed by atoms with Crippen LogP contribution in [0.1, 0.15) is 33.1 Å². The molecule has 0 saturated carbocycles. The number of piperidine rings is 1. The van der Waals surface area contributed by atoms with Gasteiger partial charge in [0.25, 0.3) is 0 Å². The summed E-state index contributed by atoms with van der Waals surface area (Å²) in [6.45, 7) is 4.77. The Kier molecular flexibility index (Phi) is 7.50. The van der Waals surface area contributed by atoms with E-state index in [2.05, 4.69) is 10.6 Å². The lowest BCUT2D eigenvalue weighted by Crippen LogP contribution is -2.36. The van der Waals surface area contributed by atoms with Crippen molar-refractivity contribution < 1.29 is 22.3 Å². The van der Waals surface area contributed by atoms with E-state index in [1.165, 1.54) is 34.6 Å². The summed E-state index contributed by atoms with van der Waals surface area (Å²) in [7, 11) is -3.71. The van der Waals surface area contributed by atoms with Crippen molar-refractivity contribution in [1.29, 1.82) is 0 Å². The molecule has 7 nitrogen and oxygen atoms in total. The Morgan fingerprint density at radius 1 is 1.10 bits per heavy atom. The molecule has 0 radical (unpaired) electrons. The number of sulfonamides is 1. The quantitative estimate of drug-likeness (QED) is 0.639. The van der Waals surface area contributed by atoms with E-state index in [9.17, 15) is 17.6 Å². The van der Waals surface area contributed by atoms with Gasteiger partial charge in [0.2, 0.25) is 15.9 Å². The third kappa shape index (κ3) is 5.74. The lowest BCUT2D eigenvalue weighted by atomic mass is 10.2. The summed E-state index contributed by atoms with van der Waals surface area (Å²) in [5.74, 6) is -0.427. The predicted molar refractivity (Wildman–Crippen MR) is 118 cm³/mol. The van der Waals surface area contributed by atoms with Gasteiger partial charge in [0, 0.05) is 24.5 Å². The van der Waals surface area contributed by atoms with Gasteiger partial charge in [0.15, 0.2) is 0 Å². The zero-order chi connectivity index (χ0) is 22.4. The normalized spacial score (nSPS) is 15.8. The number of hydrogen-bond acceptors (Lipinski definition) is 5. The molecular weight excluding hydrogens is 421 g/mol. The molecule has 31 heavy (non-hydrogen) atoms. The van der Waals surface area contributed by atoms with Crippen LogP contribution in [0.4, 0.5) is 15.8 Å². The molecule has 1 heterocycles. The highest BCUT2D eigenvalue weighted by Gasteiger charge is 2.29. The number of anilines is 2. The molecule has 3 rings (SSSR count). The van der Waals surface area contributed by atoms with Gasteiger partial charge in [-0.25, -0.2) is 12.8 Å². The number of amides is 1. The van der Waals surface area contributed by atoms with Gasteiger partial charge in [-0.2, -0.15) is 4.31 Å². The fourth-order valence-corrected chi connectivity index (χ4v) is 5.09. The minimum atomic E-state index is -3.71. The second-order valence-corrected chi connectivity index (χ2v) is 9.33. The van der Waals surface area contributed by atoms with Gasteiger partial charge in [0.1, 0.15) is 22.5 Å². The minimum absolute atomic E-state index is 0.0902. The molecule has 9 heteroatoms. The number of nitrogens with zero attached hydrogens (tertiary/aromatic N) is 1. The third-order valence-corrected chi connectivity index (χ3v) is 6.98. The summed E-state index contributed by atoms with van der Waals surface area (Å²) < 4.78 is 46.6. The van der Waals surface area contributed by atoms with Crippen LogP contribution in [0.3, 0.4) is 0 Å². The fourth-order valence-electron chi connectivity index (χ4n) is 3.42. The summed E-state index contributed by atoms with van der Waals surface area (Å²) in [4.78, 5) is 12.6. The van der Waals surface area contributed by atoms with Crippen molar-refractivity contribution in [2.75, 3.05) is 30.3 Å². The van der Waals surface area contributed by atoms with E-state index in [0.717, 1.165) is 19.3 Å². The Hall–Kier alpha value is -2.65. The minimum Gasteiger partial charge on any atom is -0.492 e. The Balaban J connectivity index is 1.79. The molecule has 0 bridgehead atoms. The fraction of sp³-hybridized carbons (Fsp3) is 0.409. The monoisotopic (exact) mass is 449 g/mol. The van der Waals surface area contributed by atoms with E-state index in [1.807, 2.05) is 0 Å². The van der Waals surface area contributed by atoms with Crippen molar-refractivity contribution in [3.8, 4) is 5.75 Å². The van der Waals surface area contributed by atoms with Crippen molar-refractivity contribution in [3.05, 3.63) is 48.3 Å². The highest BCUT2D eigenvalue weighted by molar-refractivity contribution is 7.89. The Bertz CT molecular complexity index is 1010. The molecular formula is C22H28FN3O4S. The van der Waals surface area contributed by atoms with Gasteiger partial charge < -0.3 is 15.4 Å².